The third kappa shape index (κ3) is 4.97. The monoisotopic (exact) mass is 343 g/mol. The normalized spacial score (nSPS) is 12.2. The van der Waals surface area contributed by atoms with Gasteiger partial charge in [0.05, 0.1) is 5.56 Å². The fourth-order valence-corrected chi connectivity index (χ4v) is 2.41. The molecule has 2 rings (SSSR count). The van der Waals surface area contributed by atoms with E-state index >= 15 is 0 Å². The van der Waals surface area contributed by atoms with E-state index in [9.17, 15) is 15.0 Å². The summed E-state index contributed by atoms with van der Waals surface area (Å²) in [5.74, 6) is 0.0724. The number of ether oxygens (including phenoxy) is 1. The molecule has 0 spiro atoms. The summed E-state index contributed by atoms with van der Waals surface area (Å²) in [6, 6.07) is 11.3. The summed E-state index contributed by atoms with van der Waals surface area (Å²) in [5, 5.41) is 19.1. The van der Waals surface area contributed by atoms with Crippen LogP contribution in [0.4, 0.5) is 0 Å². The van der Waals surface area contributed by atoms with Gasteiger partial charge in [-0.2, -0.15) is 0 Å². The van der Waals surface area contributed by atoms with Crippen LogP contribution in [-0.4, -0.2) is 47.1 Å². The van der Waals surface area contributed by atoms with Crippen molar-refractivity contribution in [3.05, 3.63) is 53.6 Å². The van der Waals surface area contributed by atoms with Gasteiger partial charge in [0, 0.05) is 24.2 Å². The number of nitrogens with zero attached hydrogens (tertiary/aromatic N) is 1. The Balaban J connectivity index is 1.96. The summed E-state index contributed by atoms with van der Waals surface area (Å²) >= 11 is 0. The molecule has 0 aliphatic heterocycles. The van der Waals surface area contributed by atoms with E-state index in [4.69, 9.17) is 4.74 Å². The number of carbonyl (C=O) groups excluding carboxylic acids is 1. The minimum Gasteiger partial charge on any atom is -0.508 e. The molecule has 5 nitrogen and oxygen atoms in total. The summed E-state index contributed by atoms with van der Waals surface area (Å²) in [4.78, 5) is 14.7. The zero-order valence-corrected chi connectivity index (χ0v) is 14.9. The molecule has 1 atom stereocenters. The lowest BCUT2D eigenvalue weighted by molar-refractivity contribution is 0.103. The molecular weight excluding hydrogens is 318 g/mol. The van der Waals surface area contributed by atoms with Gasteiger partial charge in [-0.15, -0.1) is 0 Å². The maximum Gasteiger partial charge on any atom is 0.196 e. The summed E-state index contributed by atoms with van der Waals surface area (Å²) in [6.07, 6.45) is 1.09. The molecular formula is C20H25NO4. The Morgan fingerprint density at radius 3 is 2.44 bits per heavy atom. The van der Waals surface area contributed by atoms with Crippen molar-refractivity contribution in [3.63, 3.8) is 0 Å². The van der Waals surface area contributed by atoms with Crippen molar-refractivity contribution in [1.82, 2.24) is 4.90 Å². The van der Waals surface area contributed by atoms with Gasteiger partial charge in [-0.3, -0.25) is 4.79 Å². The average molecular weight is 343 g/mol. The molecule has 25 heavy (non-hydrogen) atoms. The highest BCUT2D eigenvalue weighted by atomic mass is 16.5. The van der Waals surface area contributed by atoms with E-state index in [0.717, 1.165) is 19.0 Å². The zero-order chi connectivity index (χ0) is 18.4. The van der Waals surface area contributed by atoms with Crippen molar-refractivity contribution in [2.24, 2.45) is 0 Å². The van der Waals surface area contributed by atoms with Gasteiger partial charge in [0.1, 0.15) is 23.9 Å². The van der Waals surface area contributed by atoms with Crippen molar-refractivity contribution in [2.75, 3.05) is 20.2 Å². The fourth-order valence-electron chi connectivity index (χ4n) is 2.41. The molecule has 2 aromatic rings. The van der Waals surface area contributed by atoms with E-state index in [0.29, 0.717) is 24.0 Å². The number of phenolic OH excluding ortho intramolecular Hbond substituents is 2. The lowest BCUT2D eigenvalue weighted by Crippen LogP contribution is -2.32. The molecule has 0 aromatic heterocycles. The lowest BCUT2D eigenvalue weighted by Gasteiger charge is -2.23. The second-order valence-corrected chi connectivity index (χ2v) is 6.14. The molecule has 2 N–H and O–H groups in total. The third-order valence-electron chi connectivity index (χ3n) is 4.40. The molecule has 134 valence electrons. The number of phenols is 2. The van der Waals surface area contributed by atoms with Crippen molar-refractivity contribution in [2.45, 2.75) is 26.3 Å². The largest absolute Gasteiger partial charge is 0.508 e. The van der Waals surface area contributed by atoms with Crippen LogP contribution < -0.4 is 4.74 Å². The van der Waals surface area contributed by atoms with E-state index in [-0.39, 0.29) is 22.8 Å². The van der Waals surface area contributed by atoms with Crippen LogP contribution in [0.25, 0.3) is 0 Å². The molecule has 0 aliphatic rings. The first kappa shape index (κ1) is 18.8. The van der Waals surface area contributed by atoms with Crippen LogP contribution in [0.3, 0.4) is 0 Å². The first-order chi connectivity index (χ1) is 11.9. The highest BCUT2D eigenvalue weighted by molar-refractivity contribution is 6.10. The summed E-state index contributed by atoms with van der Waals surface area (Å²) in [5.41, 5.74) is 0.603. The predicted octanol–water partition coefficient (Wildman–Crippen LogP) is 3.44. The first-order valence-corrected chi connectivity index (χ1v) is 8.42. The minimum absolute atomic E-state index is 0.0832. The second kappa shape index (κ2) is 8.53. The Kier molecular flexibility index (Phi) is 6.42. The number of rotatable bonds is 8. The van der Waals surface area contributed by atoms with Gasteiger partial charge in [0.25, 0.3) is 0 Å². The molecule has 0 saturated heterocycles. The quantitative estimate of drug-likeness (QED) is 0.719. The number of benzene rings is 2. The lowest BCUT2D eigenvalue weighted by atomic mass is 10.0. The van der Waals surface area contributed by atoms with Crippen LogP contribution in [0.1, 0.15) is 36.2 Å². The molecule has 0 aliphatic carbocycles. The van der Waals surface area contributed by atoms with Crippen molar-refractivity contribution >= 4 is 5.78 Å². The van der Waals surface area contributed by atoms with Crippen LogP contribution in [-0.2, 0) is 0 Å². The van der Waals surface area contributed by atoms with E-state index in [1.165, 1.54) is 12.1 Å². The SMILES string of the molecule is CCC(C)N(C)CCOc1ccc(C(=O)c2ccc(O)cc2O)cc1. The fraction of sp³-hybridized carbons (Fsp3) is 0.350. The molecule has 0 amide bonds. The van der Waals surface area contributed by atoms with E-state index in [2.05, 4.69) is 25.8 Å². The minimum atomic E-state index is -0.305. The van der Waals surface area contributed by atoms with Gasteiger partial charge in [0.2, 0.25) is 0 Å². The van der Waals surface area contributed by atoms with Gasteiger partial charge >= 0.3 is 0 Å². The van der Waals surface area contributed by atoms with Crippen LogP contribution >= 0.6 is 0 Å². The predicted molar refractivity (Wildman–Crippen MR) is 97.5 cm³/mol. The average Bonchev–Trinajstić information content (AvgIpc) is 2.61. The molecule has 0 bridgehead atoms. The Labute approximate surface area is 148 Å². The maximum absolute atomic E-state index is 12.4. The summed E-state index contributed by atoms with van der Waals surface area (Å²) < 4.78 is 5.72. The Hall–Kier alpha value is -2.53. The Morgan fingerprint density at radius 2 is 1.84 bits per heavy atom. The number of aromatic hydroxyl groups is 2. The van der Waals surface area contributed by atoms with Gasteiger partial charge in [-0.1, -0.05) is 6.92 Å². The molecule has 0 saturated carbocycles. The Morgan fingerprint density at radius 1 is 1.16 bits per heavy atom. The zero-order valence-electron chi connectivity index (χ0n) is 14.9. The van der Waals surface area contributed by atoms with E-state index in [1.807, 2.05) is 0 Å². The van der Waals surface area contributed by atoms with Crippen molar-refractivity contribution in [1.29, 1.82) is 0 Å². The second-order valence-electron chi connectivity index (χ2n) is 6.14. The topological polar surface area (TPSA) is 70.0 Å². The Bertz CT molecular complexity index is 712. The van der Waals surface area contributed by atoms with Gasteiger partial charge in [-0.05, 0) is 56.8 Å². The maximum atomic E-state index is 12.4. The third-order valence-corrected chi connectivity index (χ3v) is 4.40. The molecule has 5 heteroatoms. The smallest absolute Gasteiger partial charge is 0.196 e. The van der Waals surface area contributed by atoms with Gasteiger partial charge in [0.15, 0.2) is 5.78 Å². The molecule has 1 unspecified atom stereocenters. The number of hydrogen-bond acceptors (Lipinski definition) is 5. The van der Waals surface area contributed by atoms with Crippen LogP contribution in [0.5, 0.6) is 17.2 Å². The number of ketones is 1. The number of hydrogen-bond donors (Lipinski definition) is 2. The van der Waals surface area contributed by atoms with E-state index in [1.54, 1.807) is 24.3 Å². The van der Waals surface area contributed by atoms with Crippen molar-refractivity contribution in [3.8, 4) is 17.2 Å². The number of carbonyl (C=O) groups is 1. The highest BCUT2D eigenvalue weighted by Gasteiger charge is 2.14. The van der Waals surface area contributed by atoms with E-state index < -0.39 is 0 Å². The molecule has 0 fully saturated rings. The molecule has 2 aromatic carbocycles. The van der Waals surface area contributed by atoms with Crippen LogP contribution in [0.2, 0.25) is 0 Å². The first-order valence-electron chi connectivity index (χ1n) is 8.42. The van der Waals surface area contributed by atoms with Crippen molar-refractivity contribution < 1.29 is 19.7 Å². The van der Waals surface area contributed by atoms with Gasteiger partial charge in [-0.25, -0.2) is 0 Å². The van der Waals surface area contributed by atoms with Crippen LogP contribution in [0, 0.1) is 0 Å². The number of likely N-dealkylation sites (N-methyl/N-ethyl adjacent to an activating group) is 1. The van der Waals surface area contributed by atoms with Crippen LogP contribution in [0.15, 0.2) is 42.5 Å². The summed E-state index contributed by atoms with van der Waals surface area (Å²) in [6.45, 7) is 5.74. The highest BCUT2D eigenvalue weighted by Crippen LogP contribution is 2.25. The standard InChI is InChI=1S/C20H25NO4/c1-4-14(2)21(3)11-12-25-17-8-5-15(6-9-17)20(24)18-10-7-16(22)13-19(18)23/h5-10,13-14,22-23H,4,11-12H2,1-3H3. The molecule has 0 heterocycles. The molecule has 0 radical (unpaired) electrons. The van der Waals surface area contributed by atoms with Gasteiger partial charge < -0.3 is 19.8 Å². The summed E-state index contributed by atoms with van der Waals surface area (Å²) in [7, 11) is 2.07.